The van der Waals surface area contributed by atoms with Crippen molar-refractivity contribution in [2.75, 3.05) is 45.0 Å². The molecule has 0 aliphatic carbocycles. The second kappa shape index (κ2) is 6.42. The van der Waals surface area contributed by atoms with E-state index in [-0.39, 0.29) is 5.75 Å². The quantitative estimate of drug-likeness (QED) is 0.634. The third-order valence-electron chi connectivity index (χ3n) is 2.43. The number of nitrogens with zero attached hydrogens (tertiary/aromatic N) is 1. The van der Waals surface area contributed by atoms with Gasteiger partial charge in [-0.3, -0.25) is 4.90 Å². The van der Waals surface area contributed by atoms with Crippen LogP contribution >= 0.6 is 0 Å². The molecule has 0 spiro atoms. The van der Waals surface area contributed by atoms with Crippen LogP contribution in [0.5, 0.6) is 0 Å². The van der Waals surface area contributed by atoms with Crippen molar-refractivity contribution in [1.82, 2.24) is 14.9 Å². The summed E-state index contributed by atoms with van der Waals surface area (Å²) in [5.41, 5.74) is 0. The van der Waals surface area contributed by atoms with Crippen LogP contribution in [-0.4, -0.2) is 58.3 Å². The molecule has 1 saturated heterocycles. The monoisotopic (exact) mass is 235 g/mol. The molecule has 1 fully saturated rings. The van der Waals surface area contributed by atoms with Gasteiger partial charge in [-0.2, -0.15) is 0 Å². The van der Waals surface area contributed by atoms with Gasteiger partial charge in [0, 0.05) is 39.3 Å². The molecule has 90 valence electrons. The molecule has 1 aliphatic rings. The summed E-state index contributed by atoms with van der Waals surface area (Å²) < 4.78 is 25.3. The zero-order valence-corrected chi connectivity index (χ0v) is 10.1. The lowest BCUT2D eigenvalue weighted by molar-refractivity contribution is 0.245. The lowest BCUT2D eigenvalue weighted by Crippen LogP contribution is -2.46. The molecule has 0 amide bonds. The van der Waals surface area contributed by atoms with Crippen LogP contribution in [0.2, 0.25) is 0 Å². The number of hydrogen-bond acceptors (Lipinski definition) is 4. The summed E-state index contributed by atoms with van der Waals surface area (Å²) in [4.78, 5) is 2.27. The summed E-state index contributed by atoms with van der Waals surface area (Å²) in [6.07, 6.45) is 0.670. The predicted octanol–water partition coefficient (Wildman–Crippen LogP) is -0.779. The van der Waals surface area contributed by atoms with Crippen molar-refractivity contribution in [3.63, 3.8) is 0 Å². The highest BCUT2D eigenvalue weighted by Gasteiger charge is 2.11. The van der Waals surface area contributed by atoms with E-state index < -0.39 is 10.0 Å². The molecule has 5 nitrogen and oxygen atoms in total. The fraction of sp³-hybridized carbons (Fsp3) is 1.00. The van der Waals surface area contributed by atoms with E-state index in [1.54, 1.807) is 0 Å². The summed E-state index contributed by atoms with van der Waals surface area (Å²) in [5, 5.41) is 3.26. The fourth-order valence-electron chi connectivity index (χ4n) is 1.63. The van der Waals surface area contributed by atoms with E-state index in [1.807, 2.05) is 6.92 Å². The van der Waals surface area contributed by atoms with Crippen LogP contribution in [0.25, 0.3) is 0 Å². The number of hydrogen-bond donors (Lipinski definition) is 2. The van der Waals surface area contributed by atoms with Gasteiger partial charge in [-0.25, -0.2) is 13.1 Å². The molecule has 2 N–H and O–H groups in total. The molecular weight excluding hydrogens is 214 g/mol. The van der Waals surface area contributed by atoms with E-state index in [4.69, 9.17) is 0 Å². The van der Waals surface area contributed by atoms with Gasteiger partial charge in [-0.05, 0) is 6.42 Å². The summed E-state index contributed by atoms with van der Waals surface area (Å²) in [6, 6.07) is 0. The molecule has 6 heteroatoms. The second-order valence-electron chi connectivity index (χ2n) is 3.80. The van der Waals surface area contributed by atoms with E-state index in [0.29, 0.717) is 13.0 Å². The first-order valence-electron chi connectivity index (χ1n) is 5.54. The molecule has 0 radical (unpaired) electrons. The largest absolute Gasteiger partial charge is 0.314 e. The van der Waals surface area contributed by atoms with Crippen LogP contribution in [-0.2, 0) is 10.0 Å². The first-order valence-corrected chi connectivity index (χ1v) is 7.19. The van der Waals surface area contributed by atoms with Gasteiger partial charge in [0.1, 0.15) is 0 Å². The highest BCUT2D eigenvalue weighted by atomic mass is 32.2. The van der Waals surface area contributed by atoms with Gasteiger partial charge in [0.2, 0.25) is 10.0 Å². The minimum Gasteiger partial charge on any atom is -0.314 e. The molecule has 0 atom stereocenters. The van der Waals surface area contributed by atoms with Gasteiger partial charge in [-0.1, -0.05) is 6.92 Å². The molecule has 0 aromatic heterocycles. The number of sulfonamides is 1. The number of rotatable bonds is 6. The molecule has 1 rings (SSSR count). The third-order valence-corrected chi connectivity index (χ3v) is 4.02. The molecule has 0 unspecified atom stereocenters. The van der Waals surface area contributed by atoms with Crippen molar-refractivity contribution < 1.29 is 8.42 Å². The molecule has 0 bridgehead atoms. The lowest BCUT2D eigenvalue weighted by atomic mass is 10.3. The summed E-state index contributed by atoms with van der Waals surface area (Å²) >= 11 is 0. The average molecular weight is 235 g/mol. The van der Waals surface area contributed by atoms with E-state index >= 15 is 0 Å². The second-order valence-corrected chi connectivity index (χ2v) is 5.73. The van der Waals surface area contributed by atoms with Crippen molar-refractivity contribution in [1.29, 1.82) is 0 Å². The van der Waals surface area contributed by atoms with Crippen molar-refractivity contribution in [2.24, 2.45) is 0 Å². The SMILES string of the molecule is CCCS(=O)(=O)NCCN1CCNCC1. The Morgan fingerprint density at radius 1 is 1.33 bits per heavy atom. The van der Waals surface area contributed by atoms with Crippen molar-refractivity contribution in [3.8, 4) is 0 Å². The third kappa shape index (κ3) is 5.46. The van der Waals surface area contributed by atoms with E-state index in [2.05, 4.69) is 14.9 Å². The molecular formula is C9H21N3O2S. The number of piperazine rings is 1. The van der Waals surface area contributed by atoms with Crippen molar-refractivity contribution in [2.45, 2.75) is 13.3 Å². The summed E-state index contributed by atoms with van der Waals surface area (Å²) in [5.74, 6) is 0.231. The van der Waals surface area contributed by atoms with E-state index in [1.165, 1.54) is 0 Å². The Labute approximate surface area is 92.3 Å². The normalized spacial score (nSPS) is 19.3. The van der Waals surface area contributed by atoms with Gasteiger partial charge in [0.15, 0.2) is 0 Å². The Bertz CT molecular complexity index is 261. The van der Waals surface area contributed by atoms with Gasteiger partial charge < -0.3 is 5.32 Å². The fourth-order valence-corrected chi connectivity index (χ4v) is 2.72. The topological polar surface area (TPSA) is 61.4 Å². The summed E-state index contributed by atoms with van der Waals surface area (Å²) in [6.45, 7) is 7.23. The zero-order valence-electron chi connectivity index (χ0n) is 9.33. The van der Waals surface area contributed by atoms with Crippen LogP contribution < -0.4 is 10.0 Å². The maximum atomic E-state index is 11.3. The predicted molar refractivity (Wildman–Crippen MR) is 61.4 cm³/mol. The molecule has 0 aromatic carbocycles. The lowest BCUT2D eigenvalue weighted by Gasteiger charge is -2.27. The molecule has 1 heterocycles. The zero-order chi connectivity index (χ0) is 11.1. The maximum absolute atomic E-state index is 11.3. The standard InChI is InChI=1S/C9H21N3O2S/c1-2-9-15(13,14)11-5-8-12-6-3-10-4-7-12/h10-11H,2-9H2,1H3. The first-order chi connectivity index (χ1) is 7.14. The van der Waals surface area contributed by atoms with Gasteiger partial charge in [0.05, 0.1) is 5.75 Å². The van der Waals surface area contributed by atoms with Gasteiger partial charge in [0.25, 0.3) is 0 Å². The highest BCUT2D eigenvalue weighted by molar-refractivity contribution is 7.89. The van der Waals surface area contributed by atoms with Crippen LogP contribution in [0.1, 0.15) is 13.3 Å². The Morgan fingerprint density at radius 2 is 2.00 bits per heavy atom. The smallest absolute Gasteiger partial charge is 0.211 e. The minimum absolute atomic E-state index is 0.231. The van der Waals surface area contributed by atoms with Crippen LogP contribution in [0.4, 0.5) is 0 Å². The minimum atomic E-state index is -3.02. The Kier molecular flexibility index (Phi) is 5.52. The maximum Gasteiger partial charge on any atom is 0.211 e. The Hall–Kier alpha value is -0.170. The summed E-state index contributed by atoms with van der Waals surface area (Å²) in [7, 11) is -3.02. The van der Waals surface area contributed by atoms with Crippen LogP contribution in [0, 0.1) is 0 Å². The first kappa shape index (κ1) is 12.9. The number of nitrogens with one attached hydrogen (secondary N) is 2. The van der Waals surface area contributed by atoms with Crippen molar-refractivity contribution in [3.05, 3.63) is 0 Å². The van der Waals surface area contributed by atoms with E-state index in [9.17, 15) is 8.42 Å². The molecule has 0 aromatic rings. The van der Waals surface area contributed by atoms with Crippen LogP contribution in [0.15, 0.2) is 0 Å². The van der Waals surface area contributed by atoms with Crippen molar-refractivity contribution >= 4 is 10.0 Å². The van der Waals surface area contributed by atoms with E-state index in [0.717, 1.165) is 32.7 Å². The highest BCUT2D eigenvalue weighted by Crippen LogP contribution is 1.92. The van der Waals surface area contributed by atoms with Gasteiger partial charge in [-0.15, -0.1) is 0 Å². The Balaban J connectivity index is 2.14. The Morgan fingerprint density at radius 3 is 2.60 bits per heavy atom. The average Bonchev–Trinajstić information content (AvgIpc) is 2.19. The molecule has 0 saturated carbocycles. The van der Waals surface area contributed by atoms with Gasteiger partial charge >= 0.3 is 0 Å². The molecule has 1 aliphatic heterocycles. The van der Waals surface area contributed by atoms with Crippen LogP contribution in [0.3, 0.4) is 0 Å². The molecule has 15 heavy (non-hydrogen) atoms.